The van der Waals surface area contributed by atoms with Crippen LogP contribution in [0.4, 0.5) is 5.69 Å². The van der Waals surface area contributed by atoms with Gasteiger partial charge in [-0.3, -0.25) is 0 Å². The van der Waals surface area contributed by atoms with Crippen molar-refractivity contribution in [3.05, 3.63) is 77.4 Å². The Hall–Kier alpha value is -3.11. The van der Waals surface area contributed by atoms with E-state index in [9.17, 15) is 4.79 Å². The highest BCUT2D eigenvalue weighted by Gasteiger charge is 2.19. The van der Waals surface area contributed by atoms with Crippen molar-refractivity contribution in [1.29, 1.82) is 0 Å². The molecule has 4 rings (SSSR count). The van der Waals surface area contributed by atoms with Crippen LogP contribution in [0.5, 0.6) is 0 Å². The smallest absolute Gasteiger partial charge is 0.338 e. The summed E-state index contributed by atoms with van der Waals surface area (Å²) in [5.74, 6) is -0.326. The summed E-state index contributed by atoms with van der Waals surface area (Å²) in [7, 11) is 1.42. The van der Waals surface area contributed by atoms with Crippen molar-refractivity contribution >= 4 is 34.6 Å². The molecular formula is C24H23NO3. The summed E-state index contributed by atoms with van der Waals surface area (Å²) in [5, 5.41) is 2.38. The maximum absolute atomic E-state index is 12.4. The van der Waals surface area contributed by atoms with Crippen LogP contribution in [0.3, 0.4) is 0 Å². The molecule has 0 amide bonds. The monoisotopic (exact) mass is 373 g/mol. The number of ether oxygens (including phenoxy) is 2. The molecule has 0 atom stereocenters. The number of fused-ring (bicyclic) bond motifs is 1. The summed E-state index contributed by atoms with van der Waals surface area (Å²) < 4.78 is 10.5. The lowest BCUT2D eigenvalue weighted by molar-refractivity contribution is 0.0600. The lowest BCUT2D eigenvalue weighted by Gasteiger charge is -2.30. The topological polar surface area (TPSA) is 38.8 Å². The number of esters is 1. The Labute approximate surface area is 165 Å². The standard InChI is InChI=1S/C24H23NO3/c1-27-24(26)22-10-5-11-23(25-14-16-28-17-15-25)21(22)13-12-19-8-4-7-18-6-2-3-9-20(18)19/h2-13H,14-17H2,1H3. The van der Waals surface area contributed by atoms with Crippen LogP contribution >= 0.6 is 0 Å². The third-order valence-electron chi connectivity index (χ3n) is 5.09. The van der Waals surface area contributed by atoms with Crippen molar-refractivity contribution in [2.45, 2.75) is 0 Å². The molecule has 0 aromatic heterocycles. The molecule has 4 nitrogen and oxygen atoms in total. The molecule has 3 aromatic carbocycles. The van der Waals surface area contributed by atoms with E-state index in [2.05, 4.69) is 47.4 Å². The third-order valence-corrected chi connectivity index (χ3v) is 5.09. The maximum atomic E-state index is 12.4. The van der Waals surface area contributed by atoms with Gasteiger partial charge in [0.05, 0.1) is 25.9 Å². The minimum absolute atomic E-state index is 0.326. The predicted molar refractivity (Wildman–Crippen MR) is 114 cm³/mol. The molecule has 0 bridgehead atoms. The molecule has 1 saturated heterocycles. The Morgan fingerprint density at radius 3 is 2.54 bits per heavy atom. The van der Waals surface area contributed by atoms with Crippen molar-refractivity contribution in [2.24, 2.45) is 0 Å². The molecule has 142 valence electrons. The second-order valence-corrected chi connectivity index (χ2v) is 6.73. The fraction of sp³-hybridized carbons (Fsp3) is 0.208. The number of morpholine rings is 1. The first-order chi connectivity index (χ1) is 13.8. The average molecular weight is 373 g/mol. The molecule has 0 aliphatic carbocycles. The second kappa shape index (κ2) is 8.28. The first kappa shape index (κ1) is 18.3. The van der Waals surface area contributed by atoms with E-state index >= 15 is 0 Å². The van der Waals surface area contributed by atoms with Gasteiger partial charge in [-0.15, -0.1) is 0 Å². The average Bonchev–Trinajstić information content (AvgIpc) is 2.77. The summed E-state index contributed by atoms with van der Waals surface area (Å²) >= 11 is 0. The summed E-state index contributed by atoms with van der Waals surface area (Å²) in [6.07, 6.45) is 4.10. The summed E-state index contributed by atoms with van der Waals surface area (Å²) in [6.45, 7) is 2.99. The molecule has 0 N–H and O–H groups in total. The summed E-state index contributed by atoms with van der Waals surface area (Å²) in [6, 6.07) is 20.3. The molecule has 1 aliphatic rings. The molecule has 0 unspecified atom stereocenters. The molecule has 0 spiro atoms. The minimum Gasteiger partial charge on any atom is -0.465 e. The minimum atomic E-state index is -0.326. The van der Waals surface area contributed by atoms with Gasteiger partial charge in [0.15, 0.2) is 0 Å². The van der Waals surface area contributed by atoms with Crippen LogP contribution in [-0.4, -0.2) is 39.4 Å². The Balaban J connectivity index is 1.80. The summed E-state index contributed by atoms with van der Waals surface area (Å²) in [5.41, 5.74) is 3.60. The highest BCUT2D eigenvalue weighted by Crippen LogP contribution is 2.29. The predicted octanol–water partition coefficient (Wildman–Crippen LogP) is 4.63. The third kappa shape index (κ3) is 3.64. The Morgan fingerprint density at radius 2 is 1.71 bits per heavy atom. The van der Waals surface area contributed by atoms with Crippen molar-refractivity contribution in [2.75, 3.05) is 38.3 Å². The first-order valence-electron chi connectivity index (χ1n) is 9.48. The van der Waals surface area contributed by atoms with E-state index in [0.29, 0.717) is 18.8 Å². The van der Waals surface area contributed by atoms with Crippen molar-refractivity contribution in [1.82, 2.24) is 0 Å². The van der Waals surface area contributed by atoms with Crippen LogP contribution in [0.1, 0.15) is 21.5 Å². The van der Waals surface area contributed by atoms with Gasteiger partial charge in [0.1, 0.15) is 0 Å². The Bertz CT molecular complexity index is 1010. The van der Waals surface area contributed by atoms with E-state index in [1.165, 1.54) is 17.9 Å². The zero-order valence-electron chi connectivity index (χ0n) is 15.9. The molecule has 4 heteroatoms. The number of benzene rings is 3. The van der Waals surface area contributed by atoms with Crippen molar-refractivity contribution < 1.29 is 14.3 Å². The molecule has 0 radical (unpaired) electrons. The van der Waals surface area contributed by atoms with Gasteiger partial charge < -0.3 is 14.4 Å². The number of carbonyl (C=O) groups is 1. The van der Waals surface area contributed by atoms with Gasteiger partial charge in [-0.25, -0.2) is 4.79 Å². The molecule has 3 aromatic rings. The highest BCUT2D eigenvalue weighted by molar-refractivity contribution is 5.99. The highest BCUT2D eigenvalue weighted by atomic mass is 16.5. The van der Waals surface area contributed by atoms with Crippen LogP contribution in [0.15, 0.2) is 60.7 Å². The fourth-order valence-corrected chi connectivity index (χ4v) is 3.67. The van der Waals surface area contributed by atoms with Gasteiger partial charge in [-0.05, 0) is 28.5 Å². The SMILES string of the molecule is COC(=O)c1cccc(N2CCOCC2)c1C=Cc1cccc2ccccc12. The number of carbonyl (C=O) groups excluding carboxylic acids is 1. The van der Waals surface area contributed by atoms with Gasteiger partial charge >= 0.3 is 5.97 Å². The van der Waals surface area contributed by atoms with Crippen LogP contribution in [-0.2, 0) is 9.47 Å². The number of anilines is 1. The van der Waals surface area contributed by atoms with E-state index in [-0.39, 0.29) is 5.97 Å². The number of hydrogen-bond acceptors (Lipinski definition) is 4. The van der Waals surface area contributed by atoms with Gasteiger partial charge in [0.25, 0.3) is 0 Å². The van der Waals surface area contributed by atoms with Crippen LogP contribution in [0, 0.1) is 0 Å². The van der Waals surface area contributed by atoms with E-state index in [1.54, 1.807) is 0 Å². The number of methoxy groups -OCH3 is 1. The molecule has 28 heavy (non-hydrogen) atoms. The quantitative estimate of drug-likeness (QED) is 0.494. The molecular weight excluding hydrogens is 350 g/mol. The molecule has 0 saturated carbocycles. The number of rotatable bonds is 4. The molecule has 1 fully saturated rings. The van der Waals surface area contributed by atoms with E-state index in [4.69, 9.17) is 9.47 Å². The molecule has 1 heterocycles. The first-order valence-corrected chi connectivity index (χ1v) is 9.48. The molecule has 1 aliphatic heterocycles. The lowest BCUT2D eigenvalue weighted by atomic mass is 10.00. The van der Waals surface area contributed by atoms with Crippen LogP contribution < -0.4 is 4.90 Å². The van der Waals surface area contributed by atoms with Crippen LogP contribution in [0.25, 0.3) is 22.9 Å². The van der Waals surface area contributed by atoms with Crippen molar-refractivity contribution in [3.8, 4) is 0 Å². The van der Waals surface area contributed by atoms with Gasteiger partial charge in [-0.1, -0.05) is 60.7 Å². The van der Waals surface area contributed by atoms with E-state index in [1.807, 2.05) is 30.3 Å². The van der Waals surface area contributed by atoms with Gasteiger partial charge in [-0.2, -0.15) is 0 Å². The zero-order chi connectivity index (χ0) is 19.3. The Kier molecular flexibility index (Phi) is 5.40. The normalized spacial score (nSPS) is 14.5. The number of nitrogens with zero attached hydrogens (tertiary/aromatic N) is 1. The van der Waals surface area contributed by atoms with E-state index in [0.717, 1.165) is 29.9 Å². The fourth-order valence-electron chi connectivity index (χ4n) is 3.67. The van der Waals surface area contributed by atoms with Crippen LogP contribution in [0.2, 0.25) is 0 Å². The largest absolute Gasteiger partial charge is 0.465 e. The Morgan fingerprint density at radius 1 is 0.964 bits per heavy atom. The van der Waals surface area contributed by atoms with Gasteiger partial charge in [0, 0.05) is 24.3 Å². The van der Waals surface area contributed by atoms with E-state index < -0.39 is 0 Å². The van der Waals surface area contributed by atoms with Gasteiger partial charge in [0.2, 0.25) is 0 Å². The van der Waals surface area contributed by atoms with Crippen molar-refractivity contribution in [3.63, 3.8) is 0 Å². The number of hydrogen-bond donors (Lipinski definition) is 0. The second-order valence-electron chi connectivity index (χ2n) is 6.73. The maximum Gasteiger partial charge on any atom is 0.338 e. The zero-order valence-corrected chi connectivity index (χ0v) is 15.9. The summed E-state index contributed by atoms with van der Waals surface area (Å²) in [4.78, 5) is 14.7. The lowest BCUT2D eigenvalue weighted by Crippen LogP contribution is -2.36.